The minimum Gasteiger partial charge on any atom is -0.382 e. The van der Waals surface area contributed by atoms with Gasteiger partial charge in [0, 0.05) is 23.7 Å². The molecular weight excluding hydrogens is 374 g/mol. The van der Waals surface area contributed by atoms with Crippen LogP contribution in [-0.4, -0.2) is 29.7 Å². The van der Waals surface area contributed by atoms with Crippen molar-refractivity contribution in [2.45, 2.75) is 32.4 Å². The number of carbonyl (C=O) groups excluding carboxylic acids is 2. The Hall–Kier alpha value is -2.38. The van der Waals surface area contributed by atoms with E-state index in [0.717, 1.165) is 4.88 Å². The molecule has 1 aromatic heterocycles. The van der Waals surface area contributed by atoms with Crippen LogP contribution in [0.1, 0.15) is 35.5 Å². The summed E-state index contributed by atoms with van der Waals surface area (Å²) in [4.78, 5) is 30.4. The van der Waals surface area contributed by atoms with Gasteiger partial charge in [-0.2, -0.15) is 0 Å². The average molecular weight is 392 g/mol. The van der Waals surface area contributed by atoms with Crippen LogP contribution in [0.3, 0.4) is 0 Å². The van der Waals surface area contributed by atoms with E-state index in [4.69, 9.17) is 16.4 Å². The van der Waals surface area contributed by atoms with Gasteiger partial charge >= 0.3 is 0 Å². The summed E-state index contributed by atoms with van der Waals surface area (Å²) in [5.74, 6) is -0.435. The molecule has 0 radical (unpaired) electrons. The molecule has 1 aromatic carbocycles. The highest BCUT2D eigenvalue weighted by atomic mass is 35.5. The number of rotatable bonds is 5. The number of carbonyl (C=O) groups is 2. The van der Waals surface area contributed by atoms with Crippen LogP contribution in [0.4, 0.5) is 5.69 Å². The lowest BCUT2D eigenvalue weighted by molar-refractivity contribution is -0.125. The third-order valence-electron chi connectivity index (χ3n) is 3.65. The van der Waals surface area contributed by atoms with Crippen LogP contribution in [0.25, 0.3) is 0 Å². The van der Waals surface area contributed by atoms with E-state index in [9.17, 15) is 9.59 Å². The Morgan fingerprint density at radius 1 is 1.23 bits per heavy atom. The molecule has 136 valence electrons. The number of oxime groups is 1. The third-order valence-corrected chi connectivity index (χ3v) is 4.93. The SMILES string of the molecule is CC(C)NC(=O)c1ccc(NC(=O)C2CC(c3ccc(Cl)s3)=NO2)cc1. The highest BCUT2D eigenvalue weighted by Crippen LogP contribution is 2.26. The standard InChI is InChI=1S/C18H18ClN3O3S/c1-10(2)20-17(23)11-3-5-12(6-4-11)21-18(24)14-9-13(22-25-14)15-7-8-16(19)26-15/h3-8,10,14H,9H2,1-2H3,(H,20,23)(H,21,24). The Kier molecular flexibility index (Phi) is 5.58. The number of hydrogen-bond donors (Lipinski definition) is 2. The first-order valence-corrected chi connectivity index (χ1v) is 9.32. The summed E-state index contributed by atoms with van der Waals surface area (Å²) in [7, 11) is 0. The topological polar surface area (TPSA) is 79.8 Å². The van der Waals surface area contributed by atoms with E-state index in [-0.39, 0.29) is 17.9 Å². The van der Waals surface area contributed by atoms with Crippen LogP contribution < -0.4 is 10.6 Å². The number of hydrogen-bond acceptors (Lipinski definition) is 5. The molecule has 0 spiro atoms. The van der Waals surface area contributed by atoms with Crippen molar-refractivity contribution < 1.29 is 14.4 Å². The van der Waals surface area contributed by atoms with Gasteiger partial charge < -0.3 is 15.5 Å². The quantitative estimate of drug-likeness (QED) is 0.816. The van der Waals surface area contributed by atoms with Gasteiger partial charge in [-0.05, 0) is 50.2 Å². The molecule has 0 bridgehead atoms. The van der Waals surface area contributed by atoms with Gasteiger partial charge in [-0.3, -0.25) is 9.59 Å². The van der Waals surface area contributed by atoms with Crippen molar-refractivity contribution in [1.82, 2.24) is 5.32 Å². The summed E-state index contributed by atoms with van der Waals surface area (Å²) in [6, 6.07) is 10.4. The smallest absolute Gasteiger partial charge is 0.268 e. The van der Waals surface area contributed by atoms with E-state index < -0.39 is 6.10 Å². The molecule has 2 amide bonds. The molecule has 6 nitrogen and oxygen atoms in total. The molecule has 0 aliphatic carbocycles. The van der Waals surface area contributed by atoms with Gasteiger partial charge in [0.1, 0.15) is 5.71 Å². The van der Waals surface area contributed by atoms with Gasteiger partial charge in [0.15, 0.2) is 0 Å². The lowest BCUT2D eigenvalue weighted by Gasteiger charge is -2.11. The van der Waals surface area contributed by atoms with Crippen LogP contribution >= 0.6 is 22.9 Å². The summed E-state index contributed by atoms with van der Waals surface area (Å²) in [6.45, 7) is 3.79. The molecule has 2 heterocycles. The number of anilines is 1. The van der Waals surface area contributed by atoms with Crippen molar-refractivity contribution in [1.29, 1.82) is 0 Å². The number of amides is 2. The Morgan fingerprint density at radius 3 is 2.58 bits per heavy atom. The molecule has 1 aliphatic rings. The molecule has 0 saturated heterocycles. The maximum absolute atomic E-state index is 12.3. The normalized spacial score (nSPS) is 16.2. The van der Waals surface area contributed by atoms with Crippen molar-refractivity contribution in [3.63, 3.8) is 0 Å². The van der Waals surface area contributed by atoms with E-state index in [1.54, 1.807) is 30.3 Å². The summed E-state index contributed by atoms with van der Waals surface area (Å²) in [5, 5.41) is 9.58. The molecule has 8 heteroatoms. The average Bonchev–Trinajstić information content (AvgIpc) is 3.23. The molecule has 1 atom stereocenters. The van der Waals surface area contributed by atoms with E-state index in [1.807, 2.05) is 19.9 Å². The van der Waals surface area contributed by atoms with E-state index in [2.05, 4.69) is 15.8 Å². The predicted octanol–water partition coefficient (Wildman–Crippen LogP) is 3.67. The van der Waals surface area contributed by atoms with Crippen LogP contribution in [0, 0.1) is 0 Å². The number of nitrogens with one attached hydrogen (secondary N) is 2. The summed E-state index contributed by atoms with van der Waals surface area (Å²) < 4.78 is 0.664. The van der Waals surface area contributed by atoms with Gasteiger partial charge in [-0.1, -0.05) is 16.8 Å². The first-order valence-electron chi connectivity index (χ1n) is 8.12. The number of halogens is 1. The third kappa shape index (κ3) is 4.42. The molecule has 1 aliphatic heterocycles. The number of nitrogens with zero attached hydrogens (tertiary/aromatic N) is 1. The first-order chi connectivity index (χ1) is 12.4. The van der Waals surface area contributed by atoms with Gasteiger partial charge in [-0.15, -0.1) is 11.3 Å². The van der Waals surface area contributed by atoms with Gasteiger partial charge in [-0.25, -0.2) is 0 Å². The second kappa shape index (κ2) is 7.88. The minimum atomic E-state index is -0.685. The fourth-order valence-electron chi connectivity index (χ4n) is 2.41. The molecule has 3 rings (SSSR count). The zero-order chi connectivity index (χ0) is 18.7. The lowest BCUT2D eigenvalue weighted by Crippen LogP contribution is -2.30. The predicted molar refractivity (Wildman–Crippen MR) is 103 cm³/mol. The second-order valence-corrected chi connectivity index (χ2v) is 7.85. The summed E-state index contributed by atoms with van der Waals surface area (Å²) >= 11 is 7.32. The fraction of sp³-hybridized carbons (Fsp3) is 0.278. The van der Waals surface area contributed by atoms with E-state index >= 15 is 0 Å². The summed E-state index contributed by atoms with van der Waals surface area (Å²) in [6.07, 6.45) is -0.299. The molecule has 26 heavy (non-hydrogen) atoms. The van der Waals surface area contributed by atoms with E-state index in [1.165, 1.54) is 11.3 Å². The van der Waals surface area contributed by atoms with Crippen molar-refractivity contribution >= 4 is 46.2 Å². The molecule has 0 saturated carbocycles. The van der Waals surface area contributed by atoms with Crippen LogP contribution in [0.5, 0.6) is 0 Å². The minimum absolute atomic E-state index is 0.0637. The maximum atomic E-state index is 12.3. The highest BCUT2D eigenvalue weighted by Gasteiger charge is 2.29. The van der Waals surface area contributed by atoms with Crippen molar-refractivity contribution in [2.24, 2.45) is 5.16 Å². The Labute approximate surface area is 160 Å². The first kappa shape index (κ1) is 18.4. The van der Waals surface area contributed by atoms with Crippen molar-refractivity contribution in [3.8, 4) is 0 Å². The second-order valence-electron chi connectivity index (χ2n) is 6.13. The highest BCUT2D eigenvalue weighted by molar-refractivity contribution is 7.18. The van der Waals surface area contributed by atoms with Crippen LogP contribution in [-0.2, 0) is 9.63 Å². The van der Waals surface area contributed by atoms with E-state index in [0.29, 0.717) is 27.7 Å². The molecule has 2 N–H and O–H groups in total. The van der Waals surface area contributed by atoms with Crippen molar-refractivity contribution in [3.05, 3.63) is 51.2 Å². The monoisotopic (exact) mass is 391 g/mol. The summed E-state index contributed by atoms with van der Waals surface area (Å²) in [5.41, 5.74) is 1.84. The molecule has 0 fully saturated rings. The van der Waals surface area contributed by atoms with Gasteiger partial charge in [0.2, 0.25) is 6.10 Å². The van der Waals surface area contributed by atoms with Crippen LogP contribution in [0.2, 0.25) is 4.34 Å². The maximum Gasteiger partial charge on any atom is 0.268 e. The fourth-order valence-corrected chi connectivity index (χ4v) is 3.44. The Balaban J connectivity index is 1.56. The van der Waals surface area contributed by atoms with Gasteiger partial charge in [0.25, 0.3) is 11.8 Å². The molecule has 1 unspecified atom stereocenters. The van der Waals surface area contributed by atoms with Gasteiger partial charge in [0.05, 0.1) is 9.21 Å². The van der Waals surface area contributed by atoms with Crippen LogP contribution in [0.15, 0.2) is 41.6 Å². The Bertz CT molecular complexity index is 846. The Morgan fingerprint density at radius 2 is 1.96 bits per heavy atom. The number of benzene rings is 1. The molecular formula is C18H18ClN3O3S. The zero-order valence-corrected chi connectivity index (χ0v) is 15.9. The largest absolute Gasteiger partial charge is 0.382 e. The number of thiophene rings is 1. The zero-order valence-electron chi connectivity index (χ0n) is 14.3. The lowest BCUT2D eigenvalue weighted by atomic mass is 10.1. The van der Waals surface area contributed by atoms with Crippen molar-refractivity contribution in [2.75, 3.05) is 5.32 Å². The molecule has 2 aromatic rings.